The number of nitrogens with one attached hydrogen (secondary N) is 1. The Kier molecular flexibility index (Phi) is 5.09. The van der Waals surface area contributed by atoms with Crippen molar-refractivity contribution in [2.45, 2.75) is 19.8 Å². The second-order valence-electron chi connectivity index (χ2n) is 3.98. The Labute approximate surface area is 121 Å². The minimum Gasteiger partial charge on any atom is -0.339 e. The van der Waals surface area contributed by atoms with Crippen molar-refractivity contribution in [3.63, 3.8) is 0 Å². The monoisotopic (exact) mass is 295 g/mol. The molecule has 1 aromatic heterocycles. The van der Waals surface area contributed by atoms with Crippen LogP contribution >= 0.6 is 11.6 Å². The maximum atomic E-state index is 11.3. The summed E-state index contributed by atoms with van der Waals surface area (Å²) in [5.41, 5.74) is 3.11. The lowest BCUT2D eigenvalue weighted by Gasteiger charge is -2.00. The van der Waals surface area contributed by atoms with Crippen molar-refractivity contribution in [1.82, 2.24) is 15.6 Å². The second-order valence-corrected chi connectivity index (χ2v) is 4.41. The van der Waals surface area contributed by atoms with Gasteiger partial charge in [-0.25, -0.2) is 5.48 Å². The third-order valence-electron chi connectivity index (χ3n) is 2.47. The van der Waals surface area contributed by atoms with Crippen LogP contribution < -0.4 is 5.48 Å². The van der Waals surface area contributed by atoms with Crippen LogP contribution in [0, 0.1) is 0 Å². The Hall–Kier alpha value is -1.92. The van der Waals surface area contributed by atoms with Crippen LogP contribution in [0.25, 0.3) is 11.4 Å². The Morgan fingerprint density at radius 2 is 2.15 bits per heavy atom. The molecule has 6 nitrogen and oxygen atoms in total. The van der Waals surface area contributed by atoms with E-state index in [2.05, 4.69) is 15.6 Å². The van der Waals surface area contributed by atoms with Gasteiger partial charge in [-0.2, -0.15) is 4.98 Å². The Morgan fingerprint density at radius 1 is 1.40 bits per heavy atom. The van der Waals surface area contributed by atoms with Crippen molar-refractivity contribution in [2.75, 3.05) is 6.61 Å². The van der Waals surface area contributed by atoms with Gasteiger partial charge in [-0.05, 0) is 31.2 Å². The van der Waals surface area contributed by atoms with Crippen molar-refractivity contribution < 1.29 is 14.2 Å². The SMILES string of the molecule is CCONC(=O)CCc1nc(-c2ccc(Cl)cc2)no1. The van der Waals surface area contributed by atoms with Gasteiger partial charge in [0.05, 0.1) is 6.61 Å². The van der Waals surface area contributed by atoms with E-state index in [0.717, 1.165) is 5.56 Å². The summed E-state index contributed by atoms with van der Waals surface area (Å²) in [4.78, 5) is 20.4. The number of amides is 1. The van der Waals surface area contributed by atoms with Gasteiger partial charge in [0.2, 0.25) is 17.6 Å². The fourth-order valence-electron chi connectivity index (χ4n) is 1.50. The molecule has 0 atom stereocenters. The first kappa shape index (κ1) is 14.5. The number of hydrogen-bond donors (Lipinski definition) is 1. The summed E-state index contributed by atoms with van der Waals surface area (Å²) < 4.78 is 5.09. The predicted molar refractivity (Wildman–Crippen MR) is 72.8 cm³/mol. The topological polar surface area (TPSA) is 77.2 Å². The van der Waals surface area contributed by atoms with E-state index in [1.165, 1.54) is 0 Å². The molecular weight excluding hydrogens is 282 g/mol. The number of halogens is 1. The molecule has 0 radical (unpaired) electrons. The molecule has 0 aliphatic rings. The van der Waals surface area contributed by atoms with Crippen LogP contribution in [-0.2, 0) is 16.1 Å². The molecule has 1 amide bonds. The molecule has 1 N–H and O–H groups in total. The lowest BCUT2D eigenvalue weighted by molar-refractivity contribution is -0.133. The van der Waals surface area contributed by atoms with Gasteiger partial charge < -0.3 is 4.52 Å². The molecule has 0 bridgehead atoms. The zero-order chi connectivity index (χ0) is 14.4. The van der Waals surface area contributed by atoms with E-state index in [-0.39, 0.29) is 12.3 Å². The standard InChI is InChI=1S/C13H14ClN3O3/c1-2-19-16-11(18)7-8-12-15-13(17-20-12)9-3-5-10(14)6-4-9/h3-6H,2,7-8H2,1H3,(H,16,18). The van der Waals surface area contributed by atoms with E-state index in [9.17, 15) is 4.79 Å². The highest BCUT2D eigenvalue weighted by molar-refractivity contribution is 6.30. The first-order valence-corrected chi connectivity index (χ1v) is 6.56. The Balaban J connectivity index is 1.92. The van der Waals surface area contributed by atoms with Crippen LogP contribution in [0.1, 0.15) is 19.2 Å². The van der Waals surface area contributed by atoms with Gasteiger partial charge in [0.25, 0.3) is 0 Å². The van der Waals surface area contributed by atoms with E-state index in [1.807, 2.05) is 0 Å². The Morgan fingerprint density at radius 3 is 2.85 bits per heavy atom. The second kappa shape index (κ2) is 7.02. The normalized spacial score (nSPS) is 10.5. The molecule has 0 aliphatic heterocycles. The summed E-state index contributed by atoms with van der Waals surface area (Å²) in [7, 11) is 0. The molecule has 1 aromatic carbocycles. The average Bonchev–Trinajstić information content (AvgIpc) is 2.92. The maximum absolute atomic E-state index is 11.3. The minimum atomic E-state index is -0.224. The van der Waals surface area contributed by atoms with E-state index in [0.29, 0.717) is 29.8 Å². The van der Waals surface area contributed by atoms with Crippen LogP contribution in [0.15, 0.2) is 28.8 Å². The van der Waals surface area contributed by atoms with Gasteiger partial charge in [-0.1, -0.05) is 16.8 Å². The lowest BCUT2D eigenvalue weighted by atomic mass is 10.2. The average molecular weight is 296 g/mol. The number of aromatic nitrogens is 2. The molecule has 2 rings (SSSR count). The molecule has 1 heterocycles. The molecule has 0 spiro atoms. The van der Waals surface area contributed by atoms with Crippen molar-refractivity contribution in [1.29, 1.82) is 0 Å². The van der Waals surface area contributed by atoms with Gasteiger partial charge in [-0.15, -0.1) is 0 Å². The molecule has 2 aromatic rings. The Bertz CT molecular complexity index is 568. The molecule has 0 unspecified atom stereocenters. The van der Waals surface area contributed by atoms with E-state index >= 15 is 0 Å². The molecular formula is C13H14ClN3O3. The van der Waals surface area contributed by atoms with Crippen molar-refractivity contribution in [3.05, 3.63) is 35.2 Å². The third kappa shape index (κ3) is 4.04. The summed E-state index contributed by atoms with van der Waals surface area (Å²) in [5.74, 6) is 0.654. The molecule has 20 heavy (non-hydrogen) atoms. The third-order valence-corrected chi connectivity index (χ3v) is 2.72. The van der Waals surface area contributed by atoms with Crippen LogP contribution in [-0.4, -0.2) is 22.7 Å². The molecule has 0 aliphatic carbocycles. The van der Waals surface area contributed by atoms with E-state index in [4.69, 9.17) is 21.0 Å². The summed E-state index contributed by atoms with van der Waals surface area (Å²) in [5, 5.41) is 4.51. The predicted octanol–water partition coefficient (Wildman–Crippen LogP) is 2.39. The smallest absolute Gasteiger partial charge is 0.244 e. The summed E-state index contributed by atoms with van der Waals surface area (Å²) >= 11 is 5.81. The number of carbonyl (C=O) groups is 1. The highest BCUT2D eigenvalue weighted by Crippen LogP contribution is 2.18. The first-order chi connectivity index (χ1) is 9.69. The van der Waals surface area contributed by atoms with Crippen LogP contribution in [0.4, 0.5) is 0 Å². The first-order valence-electron chi connectivity index (χ1n) is 6.18. The van der Waals surface area contributed by atoms with Crippen molar-refractivity contribution in [3.8, 4) is 11.4 Å². The number of aryl methyl sites for hydroxylation is 1. The van der Waals surface area contributed by atoms with E-state index in [1.54, 1.807) is 31.2 Å². The highest BCUT2D eigenvalue weighted by atomic mass is 35.5. The van der Waals surface area contributed by atoms with Gasteiger partial charge in [-0.3, -0.25) is 9.63 Å². The number of benzene rings is 1. The molecule has 106 valence electrons. The van der Waals surface area contributed by atoms with Crippen LogP contribution in [0.2, 0.25) is 5.02 Å². The molecule has 0 saturated carbocycles. The van der Waals surface area contributed by atoms with Crippen molar-refractivity contribution in [2.24, 2.45) is 0 Å². The highest BCUT2D eigenvalue weighted by Gasteiger charge is 2.10. The quantitative estimate of drug-likeness (QED) is 0.828. The molecule has 7 heteroatoms. The zero-order valence-corrected chi connectivity index (χ0v) is 11.7. The molecule has 0 fully saturated rings. The number of rotatable bonds is 6. The summed E-state index contributed by atoms with van der Waals surface area (Å²) in [6.45, 7) is 2.21. The lowest BCUT2D eigenvalue weighted by Crippen LogP contribution is -2.23. The summed E-state index contributed by atoms with van der Waals surface area (Å²) in [6.07, 6.45) is 0.585. The largest absolute Gasteiger partial charge is 0.339 e. The van der Waals surface area contributed by atoms with Gasteiger partial charge in [0.15, 0.2) is 0 Å². The summed E-state index contributed by atoms with van der Waals surface area (Å²) in [6, 6.07) is 7.11. The van der Waals surface area contributed by atoms with Gasteiger partial charge in [0, 0.05) is 23.4 Å². The number of hydrogen-bond acceptors (Lipinski definition) is 5. The van der Waals surface area contributed by atoms with Crippen LogP contribution in [0.3, 0.4) is 0 Å². The maximum Gasteiger partial charge on any atom is 0.244 e. The fourth-order valence-corrected chi connectivity index (χ4v) is 1.62. The van der Waals surface area contributed by atoms with Crippen LogP contribution in [0.5, 0.6) is 0 Å². The number of carbonyl (C=O) groups excluding carboxylic acids is 1. The van der Waals surface area contributed by atoms with Crippen molar-refractivity contribution >= 4 is 17.5 Å². The van der Waals surface area contributed by atoms with E-state index < -0.39 is 0 Å². The fraction of sp³-hybridized carbons (Fsp3) is 0.308. The van der Waals surface area contributed by atoms with Gasteiger partial charge in [0.1, 0.15) is 0 Å². The number of nitrogens with zero attached hydrogens (tertiary/aromatic N) is 2. The minimum absolute atomic E-state index is 0.224. The molecule has 0 saturated heterocycles. The van der Waals surface area contributed by atoms with Gasteiger partial charge >= 0.3 is 0 Å². The number of hydroxylamine groups is 1. The zero-order valence-electron chi connectivity index (χ0n) is 10.9.